The van der Waals surface area contributed by atoms with E-state index in [4.69, 9.17) is 16.3 Å². The predicted octanol–water partition coefficient (Wildman–Crippen LogP) is 4.53. The summed E-state index contributed by atoms with van der Waals surface area (Å²) in [7, 11) is 0. The van der Waals surface area contributed by atoms with Crippen LogP contribution in [-0.2, 0) is 11.2 Å². The van der Waals surface area contributed by atoms with Crippen LogP contribution < -0.4 is 4.68 Å². The van der Waals surface area contributed by atoms with E-state index in [1.807, 2.05) is 35.3 Å². The third kappa shape index (κ3) is 3.95. The van der Waals surface area contributed by atoms with Gasteiger partial charge in [0.2, 0.25) is 6.23 Å². The summed E-state index contributed by atoms with van der Waals surface area (Å²) in [5, 5.41) is 4.10. The number of rotatable bonds is 4. The zero-order chi connectivity index (χ0) is 17.2. The molecule has 3 aromatic rings. The molecule has 25 heavy (non-hydrogen) atoms. The van der Waals surface area contributed by atoms with Crippen molar-refractivity contribution in [1.82, 2.24) is 15.1 Å². The zero-order valence-electron chi connectivity index (χ0n) is 13.4. The molecule has 0 aliphatic carbocycles. The highest BCUT2D eigenvalue weighted by molar-refractivity contribution is 9.11. The van der Waals surface area contributed by atoms with Gasteiger partial charge in [0.15, 0.2) is 3.92 Å². The minimum absolute atomic E-state index is 0.0473. The Labute approximate surface area is 163 Å². The van der Waals surface area contributed by atoms with Gasteiger partial charge in [0.25, 0.3) is 5.82 Å². The number of ether oxygens (including phenoxy) is 1. The van der Waals surface area contributed by atoms with E-state index in [1.54, 1.807) is 11.3 Å². The summed E-state index contributed by atoms with van der Waals surface area (Å²) in [6, 6.07) is 7.85. The van der Waals surface area contributed by atoms with Crippen molar-refractivity contribution in [1.29, 1.82) is 0 Å². The number of aromatic amines is 1. The normalized spacial score (nSPS) is 17.8. The lowest BCUT2D eigenvalue weighted by Gasteiger charge is -2.18. The first-order valence-electron chi connectivity index (χ1n) is 8.17. The second kappa shape index (κ2) is 7.53. The molecule has 1 aromatic carbocycles. The van der Waals surface area contributed by atoms with Crippen LogP contribution in [0.3, 0.4) is 0 Å². The summed E-state index contributed by atoms with van der Waals surface area (Å²) in [6.45, 7) is 0.805. The molecular formula is C17H17BrClN4OS+. The highest BCUT2D eigenvalue weighted by atomic mass is 79.9. The van der Waals surface area contributed by atoms with Crippen LogP contribution in [-0.4, -0.2) is 21.7 Å². The third-order valence-electron chi connectivity index (χ3n) is 4.18. The van der Waals surface area contributed by atoms with Gasteiger partial charge in [0.1, 0.15) is 4.88 Å². The molecule has 1 unspecified atom stereocenters. The molecule has 1 atom stereocenters. The van der Waals surface area contributed by atoms with Gasteiger partial charge in [-0.2, -0.15) is 5.10 Å². The van der Waals surface area contributed by atoms with Crippen LogP contribution in [0.15, 0.2) is 34.5 Å². The Kier molecular flexibility index (Phi) is 5.17. The maximum Gasteiger partial charge on any atom is 0.309 e. The van der Waals surface area contributed by atoms with Gasteiger partial charge in [0, 0.05) is 17.9 Å². The second-order valence-electron chi connectivity index (χ2n) is 5.98. The van der Waals surface area contributed by atoms with Crippen LogP contribution in [0.5, 0.6) is 0 Å². The maximum atomic E-state index is 5.97. The number of nitrogens with one attached hydrogen (secondary N) is 1. The fraction of sp³-hybridized carbons (Fsp3) is 0.353. The Morgan fingerprint density at radius 3 is 2.92 bits per heavy atom. The van der Waals surface area contributed by atoms with Crippen molar-refractivity contribution in [2.75, 3.05) is 6.61 Å². The lowest BCUT2D eigenvalue weighted by atomic mass is 10.1. The molecule has 0 spiro atoms. The molecule has 1 N–H and O–H groups in total. The lowest BCUT2D eigenvalue weighted by Crippen LogP contribution is -2.43. The first-order valence-corrected chi connectivity index (χ1v) is 10.2. The number of aromatic nitrogens is 4. The van der Waals surface area contributed by atoms with Gasteiger partial charge in [-0.05, 0) is 51.5 Å². The van der Waals surface area contributed by atoms with Crippen molar-refractivity contribution in [2.24, 2.45) is 0 Å². The molecular weight excluding hydrogens is 424 g/mol. The Morgan fingerprint density at radius 2 is 2.16 bits per heavy atom. The van der Waals surface area contributed by atoms with Gasteiger partial charge >= 0.3 is 6.33 Å². The van der Waals surface area contributed by atoms with Crippen molar-refractivity contribution in [3.8, 4) is 10.7 Å². The zero-order valence-corrected chi connectivity index (χ0v) is 16.6. The number of thiazole rings is 1. The summed E-state index contributed by atoms with van der Waals surface area (Å²) in [5.41, 5.74) is 2.16. The van der Waals surface area contributed by atoms with Crippen molar-refractivity contribution in [3.05, 3.63) is 50.8 Å². The molecule has 0 bridgehead atoms. The van der Waals surface area contributed by atoms with Crippen molar-refractivity contribution < 1.29 is 9.42 Å². The van der Waals surface area contributed by atoms with Crippen LogP contribution in [0.2, 0.25) is 5.02 Å². The Balaban J connectivity index is 1.60. The molecule has 2 aromatic heterocycles. The average Bonchev–Trinajstić information content (AvgIpc) is 3.24. The first-order chi connectivity index (χ1) is 12.2. The summed E-state index contributed by atoms with van der Waals surface area (Å²) in [5.74, 6) is 0.821. The number of halogens is 2. The molecule has 1 fully saturated rings. The third-order valence-corrected chi connectivity index (χ3v) is 5.99. The molecule has 3 heterocycles. The van der Waals surface area contributed by atoms with E-state index in [0.29, 0.717) is 0 Å². The Morgan fingerprint density at radius 1 is 1.32 bits per heavy atom. The highest BCUT2D eigenvalue weighted by Gasteiger charge is 2.25. The van der Waals surface area contributed by atoms with Gasteiger partial charge in [-0.25, -0.2) is 4.98 Å². The molecule has 130 valence electrons. The van der Waals surface area contributed by atoms with Crippen molar-refractivity contribution in [2.45, 2.75) is 31.9 Å². The fourth-order valence-electron chi connectivity index (χ4n) is 2.92. The molecule has 0 saturated carbocycles. The molecule has 4 rings (SSSR count). The van der Waals surface area contributed by atoms with E-state index in [1.165, 1.54) is 12.0 Å². The average molecular weight is 441 g/mol. The van der Waals surface area contributed by atoms with Gasteiger partial charge in [-0.1, -0.05) is 23.7 Å². The smallest absolute Gasteiger partial charge is 0.309 e. The maximum absolute atomic E-state index is 5.97. The summed E-state index contributed by atoms with van der Waals surface area (Å²) >= 11 is 11.1. The number of nitrogens with zero attached hydrogens (tertiary/aromatic N) is 3. The van der Waals surface area contributed by atoms with E-state index in [2.05, 4.69) is 31.0 Å². The van der Waals surface area contributed by atoms with Gasteiger partial charge in [0.05, 0.1) is 12.3 Å². The molecule has 1 aliphatic rings. The largest absolute Gasteiger partial charge is 0.338 e. The van der Waals surface area contributed by atoms with Crippen molar-refractivity contribution in [3.63, 3.8) is 0 Å². The van der Waals surface area contributed by atoms with Crippen LogP contribution in [0, 0.1) is 0 Å². The molecule has 1 saturated heterocycles. The molecule has 1 aliphatic heterocycles. The minimum atomic E-state index is 0.0473. The Hall–Kier alpha value is -1.28. The summed E-state index contributed by atoms with van der Waals surface area (Å²) in [6.07, 6.45) is 5.91. The van der Waals surface area contributed by atoms with Gasteiger partial charge < -0.3 is 4.74 Å². The fourth-order valence-corrected chi connectivity index (χ4v) is 4.50. The number of hydrogen-bond acceptors (Lipinski definition) is 4. The minimum Gasteiger partial charge on any atom is -0.338 e. The number of benzene rings is 1. The Bertz CT molecular complexity index is 858. The van der Waals surface area contributed by atoms with E-state index in [0.717, 1.165) is 51.2 Å². The van der Waals surface area contributed by atoms with E-state index in [-0.39, 0.29) is 6.23 Å². The predicted molar refractivity (Wildman–Crippen MR) is 101 cm³/mol. The van der Waals surface area contributed by atoms with Crippen LogP contribution in [0.1, 0.15) is 36.7 Å². The van der Waals surface area contributed by atoms with Crippen LogP contribution >= 0.6 is 38.9 Å². The summed E-state index contributed by atoms with van der Waals surface area (Å²) in [4.78, 5) is 10.2. The highest BCUT2D eigenvalue weighted by Crippen LogP contribution is 2.32. The van der Waals surface area contributed by atoms with Gasteiger partial charge in [-0.3, -0.25) is 0 Å². The topological polar surface area (TPSA) is 54.7 Å². The number of hydrogen-bond donors (Lipinski definition) is 1. The molecule has 0 amide bonds. The quantitative estimate of drug-likeness (QED) is 0.607. The monoisotopic (exact) mass is 439 g/mol. The van der Waals surface area contributed by atoms with E-state index < -0.39 is 0 Å². The molecule has 8 heteroatoms. The van der Waals surface area contributed by atoms with Crippen molar-refractivity contribution >= 4 is 38.9 Å². The lowest BCUT2D eigenvalue weighted by molar-refractivity contribution is -0.811. The van der Waals surface area contributed by atoms with Crippen LogP contribution in [0.25, 0.3) is 10.7 Å². The van der Waals surface area contributed by atoms with Gasteiger partial charge in [-0.15, -0.1) is 16.0 Å². The first kappa shape index (κ1) is 17.1. The van der Waals surface area contributed by atoms with E-state index in [9.17, 15) is 0 Å². The summed E-state index contributed by atoms with van der Waals surface area (Å²) < 4.78 is 8.62. The SMILES string of the molecule is Clc1ccc(Cc2nc(Br)sc2-c2nc[n+](C3CCCCO3)[nH]2)cc1. The standard InChI is InChI=1S/C17H16BrClN4OS/c18-17-21-13(9-11-4-6-12(19)7-5-11)15(25-17)16-20-10-23(22-16)14-3-1-2-8-24-14/h4-7,10,14H,1-3,8-9H2/p+1. The second-order valence-corrected chi connectivity index (χ2v) is 8.69. The number of H-pyrrole nitrogens is 1. The van der Waals surface area contributed by atoms with Crippen LogP contribution in [0.4, 0.5) is 0 Å². The molecule has 0 radical (unpaired) electrons. The molecule has 5 nitrogen and oxygen atoms in total. The van der Waals surface area contributed by atoms with E-state index >= 15 is 0 Å².